The Kier molecular flexibility index (Phi) is 1.25. The van der Waals surface area contributed by atoms with Crippen molar-refractivity contribution < 1.29 is 0 Å². The lowest BCUT2D eigenvalue weighted by atomic mass is 10.6. The summed E-state index contributed by atoms with van der Waals surface area (Å²) in [5.74, 6) is 0.757. The predicted octanol–water partition coefficient (Wildman–Crippen LogP) is 0.904. The quantitative estimate of drug-likeness (QED) is 0.653. The Labute approximate surface area is 63.9 Å². The van der Waals surface area contributed by atoms with Crippen molar-refractivity contribution in [3.63, 3.8) is 0 Å². The topological polar surface area (TPSA) is 46.5 Å². The highest BCUT2D eigenvalue weighted by Gasteiger charge is 1.97. The van der Waals surface area contributed by atoms with Crippen LogP contribution in [0.2, 0.25) is 0 Å². The van der Waals surface area contributed by atoms with E-state index >= 15 is 0 Å². The van der Waals surface area contributed by atoms with Gasteiger partial charge in [0.1, 0.15) is 0 Å². The van der Waals surface area contributed by atoms with Crippen LogP contribution in [-0.2, 0) is 0 Å². The summed E-state index contributed by atoms with van der Waals surface area (Å²) in [4.78, 5) is 7.17. The van der Waals surface area contributed by atoms with Crippen molar-refractivity contribution in [2.75, 3.05) is 0 Å². The molecule has 4 nitrogen and oxygen atoms in total. The molecule has 2 aromatic heterocycles. The summed E-state index contributed by atoms with van der Waals surface area (Å²) < 4.78 is 1.69. The first-order chi connectivity index (χ1) is 5.36. The Morgan fingerprint density at radius 1 is 1.55 bits per heavy atom. The largest absolute Gasteiger partial charge is 0.327 e. The van der Waals surface area contributed by atoms with E-state index in [9.17, 15) is 0 Å². The first-order valence-electron chi connectivity index (χ1n) is 3.38. The van der Waals surface area contributed by atoms with Crippen LogP contribution < -0.4 is 0 Å². The number of nitrogens with zero attached hydrogens (tertiary/aromatic N) is 3. The average Bonchev–Trinajstić information content (AvgIpc) is 2.55. The fourth-order valence-electron chi connectivity index (χ4n) is 0.909. The Bertz CT molecular complexity index is 333. The maximum Gasteiger partial charge on any atom is 0.228 e. The van der Waals surface area contributed by atoms with Crippen molar-refractivity contribution in [1.29, 1.82) is 0 Å². The minimum Gasteiger partial charge on any atom is -0.327 e. The van der Waals surface area contributed by atoms with Crippen LogP contribution in [0.1, 0.15) is 5.69 Å². The van der Waals surface area contributed by atoms with Crippen molar-refractivity contribution in [3.8, 4) is 5.95 Å². The second kappa shape index (κ2) is 2.23. The van der Waals surface area contributed by atoms with Crippen LogP contribution in [0.25, 0.3) is 5.95 Å². The zero-order chi connectivity index (χ0) is 7.68. The summed E-state index contributed by atoms with van der Waals surface area (Å²) in [7, 11) is 0. The van der Waals surface area contributed by atoms with Crippen LogP contribution in [-0.4, -0.2) is 19.7 Å². The predicted molar refractivity (Wildman–Crippen MR) is 40.4 cm³/mol. The van der Waals surface area contributed by atoms with Crippen molar-refractivity contribution >= 4 is 0 Å². The highest BCUT2D eigenvalue weighted by molar-refractivity contribution is 5.12. The number of hydrogen-bond acceptors (Lipinski definition) is 2. The molecule has 0 saturated heterocycles. The Morgan fingerprint density at radius 2 is 2.45 bits per heavy atom. The van der Waals surface area contributed by atoms with E-state index < -0.39 is 0 Å². The summed E-state index contributed by atoms with van der Waals surface area (Å²) in [6.07, 6.45) is 5.34. The van der Waals surface area contributed by atoms with Gasteiger partial charge in [-0.05, 0) is 13.0 Å². The zero-order valence-corrected chi connectivity index (χ0v) is 6.15. The second-order valence-corrected chi connectivity index (χ2v) is 2.34. The third kappa shape index (κ3) is 1.02. The van der Waals surface area contributed by atoms with Gasteiger partial charge in [0.15, 0.2) is 0 Å². The number of aromatic nitrogens is 4. The molecule has 0 aromatic carbocycles. The summed E-state index contributed by atoms with van der Waals surface area (Å²) in [6, 6.07) is 1.86. The van der Waals surface area contributed by atoms with E-state index in [0.29, 0.717) is 0 Å². The number of rotatable bonds is 1. The van der Waals surface area contributed by atoms with Crippen molar-refractivity contribution in [2.45, 2.75) is 6.92 Å². The maximum absolute atomic E-state index is 4.10. The number of hydrogen-bond donors (Lipinski definition) is 1. The molecule has 0 bridgehead atoms. The third-order valence-electron chi connectivity index (χ3n) is 1.41. The lowest BCUT2D eigenvalue weighted by molar-refractivity contribution is 0.823. The van der Waals surface area contributed by atoms with Gasteiger partial charge in [0.2, 0.25) is 5.95 Å². The molecule has 0 aliphatic heterocycles. The van der Waals surface area contributed by atoms with Gasteiger partial charge in [0, 0.05) is 24.3 Å². The molecule has 0 amide bonds. The van der Waals surface area contributed by atoms with E-state index in [4.69, 9.17) is 0 Å². The van der Waals surface area contributed by atoms with Crippen molar-refractivity contribution in [3.05, 3.63) is 30.4 Å². The van der Waals surface area contributed by atoms with Crippen LogP contribution in [0.4, 0.5) is 0 Å². The van der Waals surface area contributed by atoms with Gasteiger partial charge in [-0.2, -0.15) is 5.10 Å². The number of nitrogens with one attached hydrogen (secondary N) is 1. The summed E-state index contributed by atoms with van der Waals surface area (Å²) >= 11 is 0. The number of H-pyrrole nitrogens is 1. The second-order valence-electron chi connectivity index (χ2n) is 2.34. The van der Waals surface area contributed by atoms with Crippen LogP contribution >= 0.6 is 0 Å². The molecule has 0 fully saturated rings. The first-order valence-corrected chi connectivity index (χ1v) is 3.38. The van der Waals surface area contributed by atoms with Gasteiger partial charge in [-0.1, -0.05) is 0 Å². The average molecular weight is 148 g/mol. The van der Waals surface area contributed by atoms with Gasteiger partial charge < -0.3 is 4.98 Å². The van der Waals surface area contributed by atoms with Gasteiger partial charge in [0.05, 0.1) is 0 Å². The Morgan fingerprint density at radius 3 is 3.00 bits per heavy atom. The van der Waals surface area contributed by atoms with Gasteiger partial charge in [0.25, 0.3) is 0 Å². The highest BCUT2D eigenvalue weighted by Crippen LogP contribution is 1.99. The Balaban J connectivity index is 2.45. The van der Waals surface area contributed by atoms with Crippen LogP contribution in [0, 0.1) is 6.92 Å². The normalized spacial score (nSPS) is 10.3. The molecular formula is C7H8N4. The monoisotopic (exact) mass is 148 g/mol. The van der Waals surface area contributed by atoms with E-state index in [1.807, 2.05) is 19.2 Å². The van der Waals surface area contributed by atoms with Crippen molar-refractivity contribution in [1.82, 2.24) is 19.7 Å². The molecule has 0 unspecified atom stereocenters. The molecule has 0 saturated carbocycles. The van der Waals surface area contributed by atoms with Crippen LogP contribution in [0.3, 0.4) is 0 Å². The lowest BCUT2D eigenvalue weighted by Crippen LogP contribution is -1.95. The molecule has 2 heterocycles. The summed E-state index contributed by atoms with van der Waals surface area (Å²) in [5.41, 5.74) is 1.04. The number of imidazole rings is 1. The standard InChI is InChI=1S/C7H8N4/c1-6-5-8-7(10-6)11-4-2-3-9-11/h2-5H,1H3,(H,8,10). The third-order valence-corrected chi connectivity index (χ3v) is 1.41. The fraction of sp³-hybridized carbons (Fsp3) is 0.143. The van der Waals surface area contributed by atoms with Gasteiger partial charge in [-0.15, -0.1) is 0 Å². The molecule has 0 aliphatic carbocycles. The summed E-state index contributed by atoms with van der Waals surface area (Å²) in [5, 5.41) is 4.02. The molecule has 0 radical (unpaired) electrons. The molecule has 2 rings (SSSR count). The molecule has 1 N–H and O–H groups in total. The first kappa shape index (κ1) is 6.15. The molecule has 0 spiro atoms. The molecule has 2 aromatic rings. The summed E-state index contributed by atoms with van der Waals surface area (Å²) in [6.45, 7) is 1.96. The maximum atomic E-state index is 4.10. The van der Waals surface area contributed by atoms with Gasteiger partial charge in [-0.3, -0.25) is 0 Å². The molecule has 4 heteroatoms. The van der Waals surface area contributed by atoms with Crippen LogP contribution in [0.5, 0.6) is 0 Å². The smallest absolute Gasteiger partial charge is 0.228 e. The van der Waals surface area contributed by atoms with Gasteiger partial charge in [-0.25, -0.2) is 9.67 Å². The van der Waals surface area contributed by atoms with E-state index in [1.54, 1.807) is 17.1 Å². The number of aromatic amines is 1. The van der Waals surface area contributed by atoms with E-state index in [1.165, 1.54) is 0 Å². The number of aryl methyl sites for hydroxylation is 1. The van der Waals surface area contributed by atoms with Crippen molar-refractivity contribution in [2.24, 2.45) is 0 Å². The molecule has 0 atom stereocenters. The molecule has 11 heavy (non-hydrogen) atoms. The van der Waals surface area contributed by atoms with Gasteiger partial charge >= 0.3 is 0 Å². The Hall–Kier alpha value is -1.58. The lowest BCUT2D eigenvalue weighted by Gasteiger charge is -1.91. The SMILES string of the molecule is Cc1cnc(-n2cccn2)[nH]1. The fourth-order valence-corrected chi connectivity index (χ4v) is 0.909. The van der Waals surface area contributed by atoms with E-state index in [2.05, 4.69) is 15.1 Å². The minimum absolute atomic E-state index is 0.757. The van der Waals surface area contributed by atoms with E-state index in [0.717, 1.165) is 11.6 Å². The zero-order valence-electron chi connectivity index (χ0n) is 6.15. The molecule has 0 aliphatic rings. The highest BCUT2D eigenvalue weighted by atomic mass is 15.3. The van der Waals surface area contributed by atoms with E-state index in [-0.39, 0.29) is 0 Å². The van der Waals surface area contributed by atoms with Crippen LogP contribution in [0.15, 0.2) is 24.7 Å². The molecule has 56 valence electrons. The molecular weight excluding hydrogens is 140 g/mol. The minimum atomic E-state index is 0.757.